The number of rotatable bonds is 5. The van der Waals surface area contributed by atoms with Crippen LogP contribution in [-0.2, 0) is 21.1 Å². The minimum Gasteiger partial charge on any atom is -0.325 e. The topological polar surface area (TPSA) is 76.1 Å². The number of carbonyl (C=O) groups excluding carboxylic acids is 1. The van der Waals surface area contributed by atoms with Gasteiger partial charge in [-0.2, -0.15) is 0 Å². The predicted molar refractivity (Wildman–Crippen MR) is 85.7 cm³/mol. The zero-order chi connectivity index (χ0) is 16.2. The number of sulfone groups is 1. The maximum atomic E-state index is 11.9. The van der Waals surface area contributed by atoms with E-state index < -0.39 is 9.84 Å². The Hall–Kier alpha value is -1.92. The molecule has 2 rings (SSSR count). The van der Waals surface area contributed by atoms with Crippen LogP contribution < -0.4 is 5.32 Å². The fraction of sp³-hybridized carbons (Fsp3) is 0.200. The summed E-state index contributed by atoms with van der Waals surface area (Å²) in [5.41, 5.74) is 1.48. The molecule has 0 aliphatic rings. The lowest BCUT2D eigenvalue weighted by Gasteiger charge is -2.06. The third-order valence-corrected chi connectivity index (χ3v) is 4.21. The lowest BCUT2D eigenvalue weighted by Crippen LogP contribution is -2.13. The van der Waals surface area contributed by atoms with Crippen molar-refractivity contribution < 1.29 is 13.2 Å². The summed E-state index contributed by atoms with van der Waals surface area (Å²) in [6.45, 7) is 0. The summed E-state index contributed by atoms with van der Waals surface area (Å²) in [6, 6.07) is 10.2. The first-order chi connectivity index (χ1) is 10.3. The van der Waals surface area contributed by atoms with Gasteiger partial charge in [-0.25, -0.2) is 13.4 Å². The van der Waals surface area contributed by atoms with Crippen molar-refractivity contribution in [1.82, 2.24) is 4.98 Å². The van der Waals surface area contributed by atoms with E-state index in [0.29, 0.717) is 23.6 Å². The second kappa shape index (κ2) is 6.89. The molecule has 1 amide bonds. The van der Waals surface area contributed by atoms with Crippen LogP contribution in [0.5, 0.6) is 0 Å². The van der Waals surface area contributed by atoms with Crippen molar-refractivity contribution in [1.29, 1.82) is 0 Å². The highest BCUT2D eigenvalue weighted by molar-refractivity contribution is 7.90. The number of hydrogen-bond acceptors (Lipinski definition) is 4. The summed E-state index contributed by atoms with van der Waals surface area (Å²) in [4.78, 5) is 15.7. The van der Waals surface area contributed by atoms with Gasteiger partial charge in [-0.05, 0) is 36.2 Å². The Morgan fingerprint density at radius 3 is 2.41 bits per heavy atom. The Bertz CT molecular complexity index is 756. The number of nitrogens with zero attached hydrogens (tertiary/aromatic N) is 1. The number of anilines is 1. The summed E-state index contributed by atoms with van der Waals surface area (Å²) >= 11 is 5.80. The number of carbonyl (C=O) groups is 1. The molecule has 2 aromatic rings. The van der Waals surface area contributed by atoms with E-state index >= 15 is 0 Å². The second-order valence-electron chi connectivity index (χ2n) is 4.83. The van der Waals surface area contributed by atoms with Gasteiger partial charge in [0, 0.05) is 17.7 Å². The Kier molecular flexibility index (Phi) is 5.15. The number of benzene rings is 1. The Labute approximate surface area is 134 Å². The molecule has 0 unspecified atom stereocenters. The molecule has 1 aromatic heterocycles. The van der Waals surface area contributed by atoms with Crippen LogP contribution in [0.1, 0.15) is 12.0 Å². The second-order valence-corrected chi connectivity index (χ2v) is 7.23. The van der Waals surface area contributed by atoms with Crippen LogP contribution >= 0.6 is 11.6 Å². The number of aromatic nitrogens is 1. The molecule has 0 aliphatic heterocycles. The van der Waals surface area contributed by atoms with Crippen molar-refractivity contribution in [3.05, 3.63) is 53.2 Å². The van der Waals surface area contributed by atoms with Gasteiger partial charge in [0.05, 0.1) is 11.9 Å². The van der Waals surface area contributed by atoms with E-state index in [-0.39, 0.29) is 10.9 Å². The molecule has 7 heteroatoms. The molecule has 0 saturated carbocycles. The van der Waals surface area contributed by atoms with Gasteiger partial charge in [0.15, 0.2) is 14.9 Å². The lowest BCUT2D eigenvalue weighted by atomic mass is 10.1. The number of nitrogens with one attached hydrogen (secondary N) is 1. The standard InChI is InChI=1S/C15H15ClN2O3S/c1-22(20,21)15-9-7-13(10-17-15)18-14(19)8-4-11-2-5-12(16)6-3-11/h2-3,5-7,9-10H,4,8H2,1H3,(H,18,19). The van der Waals surface area contributed by atoms with Gasteiger partial charge in [-0.1, -0.05) is 23.7 Å². The van der Waals surface area contributed by atoms with Crippen molar-refractivity contribution in [2.75, 3.05) is 11.6 Å². The van der Waals surface area contributed by atoms with Crippen molar-refractivity contribution in [2.45, 2.75) is 17.9 Å². The van der Waals surface area contributed by atoms with Crippen LogP contribution in [0.2, 0.25) is 5.02 Å². The van der Waals surface area contributed by atoms with Gasteiger partial charge in [0.25, 0.3) is 0 Å². The summed E-state index contributed by atoms with van der Waals surface area (Å²) in [6.07, 6.45) is 3.32. The van der Waals surface area contributed by atoms with Gasteiger partial charge >= 0.3 is 0 Å². The summed E-state index contributed by atoms with van der Waals surface area (Å²) in [5.74, 6) is -0.163. The minimum absolute atomic E-state index is 0.0216. The molecule has 0 saturated heterocycles. The maximum Gasteiger partial charge on any atom is 0.224 e. The van der Waals surface area contributed by atoms with Gasteiger partial charge in [0.2, 0.25) is 5.91 Å². The highest BCUT2D eigenvalue weighted by atomic mass is 35.5. The molecule has 116 valence electrons. The van der Waals surface area contributed by atoms with Crippen molar-refractivity contribution in [3.8, 4) is 0 Å². The predicted octanol–water partition coefficient (Wildman–Crippen LogP) is 2.71. The molecular weight excluding hydrogens is 324 g/mol. The Morgan fingerprint density at radius 1 is 1.18 bits per heavy atom. The summed E-state index contributed by atoms with van der Waals surface area (Å²) < 4.78 is 22.6. The molecule has 0 aliphatic carbocycles. The van der Waals surface area contributed by atoms with Crippen LogP contribution in [0.25, 0.3) is 0 Å². The molecule has 0 atom stereocenters. The summed E-state index contributed by atoms with van der Waals surface area (Å²) in [5, 5.41) is 3.32. The van der Waals surface area contributed by atoms with E-state index in [2.05, 4.69) is 10.3 Å². The fourth-order valence-electron chi connectivity index (χ4n) is 1.81. The Morgan fingerprint density at radius 2 is 1.86 bits per heavy atom. The average molecular weight is 339 g/mol. The van der Waals surface area contributed by atoms with Gasteiger partial charge in [-0.3, -0.25) is 4.79 Å². The molecule has 0 bridgehead atoms. The number of pyridine rings is 1. The highest BCUT2D eigenvalue weighted by Crippen LogP contribution is 2.13. The van der Waals surface area contributed by atoms with E-state index in [0.717, 1.165) is 11.8 Å². The minimum atomic E-state index is -3.33. The van der Waals surface area contributed by atoms with Crippen molar-refractivity contribution in [3.63, 3.8) is 0 Å². The monoisotopic (exact) mass is 338 g/mol. The summed E-state index contributed by atoms with van der Waals surface area (Å²) in [7, 11) is -3.33. The van der Waals surface area contributed by atoms with E-state index in [1.54, 1.807) is 12.1 Å². The lowest BCUT2D eigenvalue weighted by molar-refractivity contribution is -0.116. The number of amides is 1. The third kappa shape index (κ3) is 4.82. The van der Waals surface area contributed by atoms with E-state index in [1.165, 1.54) is 18.3 Å². The van der Waals surface area contributed by atoms with E-state index in [1.807, 2.05) is 12.1 Å². The third-order valence-electron chi connectivity index (χ3n) is 2.95. The number of aryl methyl sites for hydroxylation is 1. The first kappa shape index (κ1) is 16.5. The molecule has 1 heterocycles. The zero-order valence-electron chi connectivity index (χ0n) is 11.9. The quantitative estimate of drug-likeness (QED) is 0.909. The molecule has 1 N–H and O–H groups in total. The molecule has 0 radical (unpaired) electrons. The van der Waals surface area contributed by atoms with Crippen LogP contribution in [0.3, 0.4) is 0 Å². The zero-order valence-corrected chi connectivity index (χ0v) is 13.5. The fourth-order valence-corrected chi connectivity index (χ4v) is 2.49. The number of hydrogen-bond donors (Lipinski definition) is 1. The van der Waals surface area contributed by atoms with Crippen LogP contribution in [0.4, 0.5) is 5.69 Å². The molecular formula is C15H15ClN2O3S. The van der Waals surface area contributed by atoms with Crippen LogP contribution in [0, 0.1) is 0 Å². The normalized spacial score (nSPS) is 11.2. The van der Waals surface area contributed by atoms with E-state index in [4.69, 9.17) is 11.6 Å². The highest BCUT2D eigenvalue weighted by Gasteiger charge is 2.09. The first-order valence-corrected chi connectivity index (χ1v) is 8.82. The Balaban J connectivity index is 1.90. The molecule has 22 heavy (non-hydrogen) atoms. The average Bonchev–Trinajstić information content (AvgIpc) is 2.46. The maximum absolute atomic E-state index is 11.9. The van der Waals surface area contributed by atoms with Crippen LogP contribution in [0.15, 0.2) is 47.6 Å². The number of halogens is 1. The van der Waals surface area contributed by atoms with Gasteiger partial charge in [0.1, 0.15) is 0 Å². The first-order valence-electron chi connectivity index (χ1n) is 6.55. The smallest absolute Gasteiger partial charge is 0.224 e. The largest absolute Gasteiger partial charge is 0.325 e. The van der Waals surface area contributed by atoms with Gasteiger partial charge in [-0.15, -0.1) is 0 Å². The van der Waals surface area contributed by atoms with Crippen molar-refractivity contribution in [2.24, 2.45) is 0 Å². The molecule has 0 spiro atoms. The molecule has 1 aromatic carbocycles. The van der Waals surface area contributed by atoms with E-state index in [9.17, 15) is 13.2 Å². The van der Waals surface area contributed by atoms with Crippen molar-refractivity contribution >= 4 is 33.0 Å². The van der Waals surface area contributed by atoms with Gasteiger partial charge < -0.3 is 5.32 Å². The SMILES string of the molecule is CS(=O)(=O)c1ccc(NC(=O)CCc2ccc(Cl)cc2)cn1. The molecule has 5 nitrogen and oxygen atoms in total. The van der Waals surface area contributed by atoms with Crippen LogP contribution in [-0.4, -0.2) is 25.6 Å². The molecule has 0 fully saturated rings.